The van der Waals surface area contributed by atoms with E-state index in [0.29, 0.717) is 19.4 Å². The highest BCUT2D eigenvalue weighted by molar-refractivity contribution is 5.70. The molecule has 0 radical (unpaired) electrons. The molecule has 0 heterocycles. The maximum atomic E-state index is 12.8. The van der Waals surface area contributed by atoms with Crippen LogP contribution in [0.5, 0.6) is 0 Å². The Bertz CT molecular complexity index is 1100. The molecule has 5 nitrogen and oxygen atoms in total. The van der Waals surface area contributed by atoms with Crippen molar-refractivity contribution in [2.24, 2.45) is 0 Å². The molecule has 1 unspecified atom stereocenters. The first-order chi connectivity index (χ1) is 31.6. The Hall–Kier alpha value is -2.40. The summed E-state index contributed by atoms with van der Waals surface area (Å²) in [5.74, 6) is -0.422. The van der Waals surface area contributed by atoms with Gasteiger partial charge in [0.2, 0.25) is 0 Å². The second kappa shape index (κ2) is 54.9. The molecular formula is C59H106O5. The van der Waals surface area contributed by atoms with Gasteiger partial charge in [0.25, 0.3) is 0 Å². The minimum atomic E-state index is -0.550. The number of hydrogen-bond donors (Lipinski definition) is 0. The number of ether oxygens (including phenoxy) is 3. The van der Waals surface area contributed by atoms with Gasteiger partial charge in [-0.15, -0.1) is 0 Å². The summed E-state index contributed by atoms with van der Waals surface area (Å²) in [5.41, 5.74) is 0. The van der Waals surface area contributed by atoms with Crippen molar-refractivity contribution in [2.45, 2.75) is 284 Å². The average molecular weight is 895 g/mol. The third kappa shape index (κ3) is 52.2. The van der Waals surface area contributed by atoms with E-state index in [4.69, 9.17) is 14.2 Å². The molecule has 0 amide bonds. The van der Waals surface area contributed by atoms with E-state index in [-0.39, 0.29) is 25.2 Å². The number of esters is 2. The highest BCUT2D eigenvalue weighted by atomic mass is 16.6. The van der Waals surface area contributed by atoms with Crippen LogP contribution >= 0.6 is 0 Å². The van der Waals surface area contributed by atoms with Gasteiger partial charge < -0.3 is 14.2 Å². The molecule has 0 saturated heterocycles. The quantitative estimate of drug-likeness (QED) is 0.0346. The molecule has 0 spiro atoms. The van der Waals surface area contributed by atoms with Gasteiger partial charge in [0.15, 0.2) is 6.10 Å². The summed E-state index contributed by atoms with van der Waals surface area (Å²) >= 11 is 0. The monoisotopic (exact) mass is 895 g/mol. The Labute approximate surface area is 398 Å². The standard InChI is InChI=1S/C59H106O5/c1-4-7-10-13-16-19-22-25-28-29-30-33-36-39-42-45-48-51-54-62-55-57(64-59(61)53-50-47-44-41-38-35-32-27-24-21-18-15-12-9-6-3)56-63-58(60)52-49-46-43-40-37-34-31-26-23-20-17-14-11-8-5-2/h8,11,17-18,20-21,26-27,31-32,57H,4-7,9-10,12-16,19,22-25,28-30,33-56H2,1-3H3/b11-8-,20-17-,21-18-,31-26-,32-27-. The van der Waals surface area contributed by atoms with Crippen molar-refractivity contribution in [3.8, 4) is 0 Å². The molecule has 0 aromatic rings. The molecule has 0 saturated carbocycles. The van der Waals surface area contributed by atoms with Crippen LogP contribution in [0.25, 0.3) is 0 Å². The summed E-state index contributed by atoms with van der Waals surface area (Å²) < 4.78 is 17.4. The largest absolute Gasteiger partial charge is 0.462 e. The van der Waals surface area contributed by atoms with Crippen LogP contribution in [0.3, 0.4) is 0 Å². The van der Waals surface area contributed by atoms with E-state index in [2.05, 4.69) is 81.5 Å². The van der Waals surface area contributed by atoms with E-state index in [1.807, 2.05) is 0 Å². The van der Waals surface area contributed by atoms with E-state index >= 15 is 0 Å². The van der Waals surface area contributed by atoms with Crippen molar-refractivity contribution in [1.82, 2.24) is 0 Å². The van der Waals surface area contributed by atoms with Crippen molar-refractivity contribution in [3.63, 3.8) is 0 Å². The molecule has 64 heavy (non-hydrogen) atoms. The van der Waals surface area contributed by atoms with E-state index in [1.54, 1.807) is 0 Å². The Morgan fingerprint density at radius 3 is 1.16 bits per heavy atom. The molecule has 0 bridgehead atoms. The molecule has 0 N–H and O–H groups in total. The predicted molar refractivity (Wildman–Crippen MR) is 279 cm³/mol. The lowest BCUT2D eigenvalue weighted by Crippen LogP contribution is -2.30. The molecule has 0 aliphatic carbocycles. The van der Waals surface area contributed by atoms with Crippen LogP contribution in [-0.4, -0.2) is 37.9 Å². The maximum absolute atomic E-state index is 12.8. The lowest BCUT2D eigenvalue weighted by molar-refractivity contribution is -0.163. The molecule has 0 rings (SSSR count). The van der Waals surface area contributed by atoms with Gasteiger partial charge >= 0.3 is 11.9 Å². The molecule has 0 aromatic carbocycles. The average Bonchev–Trinajstić information content (AvgIpc) is 3.30. The number of hydrogen-bond acceptors (Lipinski definition) is 5. The van der Waals surface area contributed by atoms with Gasteiger partial charge in [0, 0.05) is 19.4 Å². The van der Waals surface area contributed by atoms with Crippen LogP contribution < -0.4 is 0 Å². The van der Waals surface area contributed by atoms with Crippen LogP contribution in [-0.2, 0) is 23.8 Å². The Balaban J connectivity index is 4.28. The van der Waals surface area contributed by atoms with Gasteiger partial charge in [-0.1, -0.05) is 242 Å². The summed E-state index contributed by atoms with van der Waals surface area (Å²) in [6, 6.07) is 0. The van der Waals surface area contributed by atoms with E-state index < -0.39 is 6.10 Å². The number of carbonyl (C=O) groups is 2. The number of carbonyl (C=O) groups excluding carboxylic acids is 2. The topological polar surface area (TPSA) is 61.8 Å². The molecule has 0 aliphatic heterocycles. The van der Waals surface area contributed by atoms with Gasteiger partial charge in [-0.25, -0.2) is 0 Å². The summed E-state index contributed by atoms with van der Waals surface area (Å²) in [6.07, 6.45) is 69.5. The van der Waals surface area contributed by atoms with Gasteiger partial charge in [-0.05, 0) is 83.5 Å². The van der Waals surface area contributed by atoms with Gasteiger partial charge in [-0.3, -0.25) is 9.59 Å². The molecule has 1 atom stereocenters. The molecule has 372 valence electrons. The van der Waals surface area contributed by atoms with Crippen LogP contribution in [0.1, 0.15) is 278 Å². The Kier molecular flexibility index (Phi) is 52.9. The zero-order chi connectivity index (χ0) is 46.3. The SMILES string of the molecule is CC/C=C\C/C=C\C/C=C\CCCCCCCC(=O)OCC(COCCCCCCCCCCCCCCCCCCCC)OC(=O)CCCCCCC/C=C\C/C=C\CCCCC. The minimum Gasteiger partial charge on any atom is -0.462 e. The second-order valence-corrected chi connectivity index (χ2v) is 18.5. The van der Waals surface area contributed by atoms with Crippen molar-refractivity contribution >= 4 is 11.9 Å². The van der Waals surface area contributed by atoms with Gasteiger partial charge in [0.05, 0.1) is 6.61 Å². The highest BCUT2D eigenvalue weighted by Crippen LogP contribution is 2.16. The normalized spacial score (nSPS) is 12.6. The minimum absolute atomic E-state index is 0.0723. The number of allylic oxidation sites excluding steroid dienone is 10. The smallest absolute Gasteiger partial charge is 0.306 e. The second-order valence-electron chi connectivity index (χ2n) is 18.5. The van der Waals surface area contributed by atoms with E-state index in [0.717, 1.165) is 89.9 Å². The highest BCUT2D eigenvalue weighted by Gasteiger charge is 2.17. The van der Waals surface area contributed by atoms with Crippen LogP contribution in [0, 0.1) is 0 Å². The summed E-state index contributed by atoms with van der Waals surface area (Å²) in [5, 5.41) is 0. The van der Waals surface area contributed by atoms with Crippen LogP contribution in [0.4, 0.5) is 0 Å². The predicted octanol–water partition coefficient (Wildman–Crippen LogP) is 18.9. The van der Waals surface area contributed by atoms with Crippen LogP contribution in [0.15, 0.2) is 60.8 Å². The first kappa shape index (κ1) is 61.6. The van der Waals surface area contributed by atoms with Crippen molar-refractivity contribution in [2.75, 3.05) is 19.8 Å². The zero-order valence-electron chi connectivity index (χ0n) is 42.8. The van der Waals surface area contributed by atoms with E-state index in [9.17, 15) is 9.59 Å². The zero-order valence-corrected chi connectivity index (χ0v) is 42.8. The summed E-state index contributed by atoms with van der Waals surface area (Å²) in [7, 11) is 0. The maximum Gasteiger partial charge on any atom is 0.306 e. The summed E-state index contributed by atoms with van der Waals surface area (Å²) in [6.45, 7) is 7.70. The van der Waals surface area contributed by atoms with Crippen LogP contribution in [0.2, 0.25) is 0 Å². The fraction of sp³-hybridized carbons (Fsp3) is 0.797. The van der Waals surface area contributed by atoms with Gasteiger partial charge in [-0.2, -0.15) is 0 Å². The third-order valence-corrected chi connectivity index (χ3v) is 12.0. The lowest BCUT2D eigenvalue weighted by Gasteiger charge is -2.18. The molecule has 0 aromatic heterocycles. The number of unbranched alkanes of at least 4 members (excludes halogenated alkanes) is 30. The van der Waals surface area contributed by atoms with Crippen molar-refractivity contribution < 1.29 is 23.8 Å². The van der Waals surface area contributed by atoms with Gasteiger partial charge in [0.1, 0.15) is 6.61 Å². The lowest BCUT2D eigenvalue weighted by atomic mass is 10.0. The first-order valence-corrected chi connectivity index (χ1v) is 27.8. The third-order valence-electron chi connectivity index (χ3n) is 12.0. The first-order valence-electron chi connectivity index (χ1n) is 27.8. The Morgan fingerprint density at radius 2 is 0.703 bits per heavy atom. The molecule has 0 aliphatic rings. The van der Waals surface area contributed by atoms with E-state index in [1.165, 1.54) is 154 Å². The van der Waals surface area contributed by atoms with Crippen molar-refractivity contribution in [3.05, 3.63) is 60.8 Å². The van der Waals surface area contributed by atoms with Crippen molar-refractivity contribution in [1.29, 1.82) is 0 Å². The molecule has 0 fully saturated rings. The Morgan fingerprint density at radius 1 is 0.359 bits per heavy atom. The molecular weight excluding hydrogens is 789 g/mol. The fourth-order valence-electron chi connectivity index (χ4n) is 7.91. The molecule has 5 heteroatoms. The fourth-order valence-corrected chi connectivity index (χ4v) is 7.91. The number of rotatable bonds is 51. The summed E-state index contributed by atoms with van der Waals surface area (Å²) in [4.78, 5) is 25.5.